The molecule has 0 radical (unpaired) electrons. The van der Waals surface area contributed by atoms with Crippen LogP contribution in [0.25, 0.3) is 11.5 Å². The minimum atomic E-state index is -0.723. The summed E-state index contributed by atoms with van der Waals surface area (Å²) >= 11 is 0. The zero-order valence-electron chi connectivity index (χ0n) is 18.1. The van der Waals surface area contributed by atoms with Gasteiger partial charge in [0.1, 0.15) is 11.5 Å². The smallest absolute Gasteiger partial charge is 0.303 e. The number of methoxy groups -OCH3 is 1. The van der Waals surface area contributed by atoms with Gasteiger partial charge in [0.15, 0.2) is 0 Å². The number of aromatic nitrogens is 1. The third-order valence-corrected chi connectivity index (χ3v) is 6.06. The second-order valence-electron chi connectivity index (χ2n) is 8.05. The Kier molecular flexibility index (Phi) is 6.56. The zero-order valence-corrected chi connectivity index (χ0v) is 18.1. The van der Waals surface area contributed by atoms with Gasteiger partial charge in [0.25, 0.3) is 0 Å². The summed E-state index contributed by atoms with van der Waals surface area (Å²) in [4.78, 5) is 15.8. The van der Waals surface area contributed by atoms with Crippen LogP contribution in [0.15, 0.2) is 52.0 Å². The van der Waals surface area contributed by atoms with Crippen LogP contribution in [0.5, 0.6) is 5.75 Å². The maximum Gasteiger partial charge on any atom is 0.303 e. The van der Waals surface area contributed by atoms with Gasteiger partial charge in [0.05, 0.1) is 31.9 Å². The number of oxazole rings is 1. The quantitative estimate of drug-likeness (QED) is 0.612. The van der Waals surface area contributed by atoms with Crippen molar-refractivity contribution in [3.05, 3.63) is 59.0 Å². The Hall–Kier alpha value is -2.86. The largest absolute Gasteiger partial charge is 0.497 e. The molecule has 2 aliphatic rings. The summed E-state index contributed by atoms with van der Waals surface area (Å²) in [5.74, 6) is 1.75. The van der Waals surface area contributed by atoms with E-state index in [1.807, 2.05) is 24.3 Å². The Morgan fingerprint density at radius 3 is 2.81 bits per heavy atom. The van der Waals surface area contributed by atoms with E-state index in [1.165, 1.54) is 11.1 Å². The molecule has 0 bridgehead atoms. The van der Waals surface area contributed by atoms with Gasteiger partial charge < -0.3 is 19.0 Å². The molecular formula is C25H29NO5. The molecule has 1 saturated carbocycles. The van der Waals surface area contributed by atoms with Crippen LogP contribution in [0.2, 0.25) is 0 Å². The third-order valence-electron chi connectivity index (χ3n) is 6.06. The van der Waals surface area contributed by atoms with E-state index in [2.05, 4.69) is 19.1 Å². The van der Waals surface area contributed by atoms with Crippen molar-refractivity contribution in [3.8, 4) is 17.2 Å². The number of fused-ring (bicyclic) bond motifs is 1. The zero-order chi connectivity index (χ0) is 21.8. The molecule has 1 N–H and O–H groups in total. The summed E-state index contributed by atoms with van der Waals surface area (Å²) in [6.45, 7) is 2.63. The molecule has 0 aliphatic heterocycles. The maximum absolute atomic E-state index is 11.1. The molecule has 6 heteroatoms. The fraction of sp³-hybridized carbons (Fsp3) is 0.440. The molecule has 1 aromatic carbocycles. The highest BCUT2D eigenvalue weighted by molar-refractivity contribution is 5.68. The number of aliphatic carboxylic acids is 1. The average Bonchev–Trinajstić information content (AvgIpc) is 3.37. The molecule has 0 saturated heterocycles. The Balaban J connectivity index is 1.34. The van der Waals surface area contributed by atoms with E-state index in [0.717, 1.165) is 48.5 Å². The lowest BCUT2D eigenvalue weighted by atomic mass is 9.92. The standard InChI is InChI=1S/C25H29NO5/c1-3-23-22(26-25(31-23)16-6-8-19(29-2)9-7-16)12-13-30-20-10-11-21-17(14-20)4-5-18(21)15-24(27)28/h6-9,11,14,18,20H,3-5,10,12-13,15H2,1-2H3,(H,27,28). The lowest BCUT2D eigenvalue weighted by Crippen LogP contribution is -2.16. The van der Waals surface area contributed by atoms with Crippen molar-refractivity contribution in [1.82, 2.24) is 4.98 Å². The number of benzene rings is 1. The number of ether oxygens (including phenoxy) is 2. The summed E-state index contributed by atoms with van der Waals surface area (Å²) < 4.78 is 17.3. The number of rotatable bonds is 9. The van der Waals surface area contributed by atoms with Crippen molar-refractivity contribution in [2.24, 2.45) is 5.92 Å². The first-order valence-electron chi connectivity index (χ1n) is 10.9. The van der Waals surface area contributed by atoms with Crippen molar-refractivity contribution >= 4 is 5.97 Å². The Bertz CT molecular complexity index is 986. The first-order chi connectivity index (χ1) is 15.1. The van der Waals surface area contributed by atoms with Crippen LogP contribution in [0.1, 0.15) is 44.1 Å². The van der Waals surface area contributed by atoms with Crippen LogP contribution in [0, 0.1) is 5.92 Å². The Morgan fingerprint density at radius 1 is 1.29 bits per heavy atom. The van der Waals surface area contributed by atoms with Crippen molar-refractivity contribution in [2.75, 3.05) is 13.7 Å². The Morgan fingerprint density at radius 2 is 2.10 bits per heavy atom. The van der Waals surface area contributed by atoms with E-state index in [9.17, 15) is 4.79 Å². The van der Waals surface area contributed by atoms with Gasteiger partial charge in [-0.2, -0.15) is 0 Å². The number of hydrogen-bond donors (Lipinski definition) is 1. The van der Waals surface area contributed by atoms with Gasteiger partial charge in [-0.3, -0.25) is 4.79 Å². The third kappa shape index (κ3) is 4.90. The number of carbonyl (C=O) groups is 1. The minimum Gasteiger partial charge on any atom is -0.497 e. The molecule has 1 heterocycles. The predicted molar refractivity (Wildman–Crippen MR) is 117 cm³/mol. The molecule has 2 aliphatic carbocycles. The van der Waals surface area contributed by atoms with Gasteiger partial charge in [-0.1, -0.05) is 19.1 Å². The van der Waals surface area contributed by atoms with Gasteiger partial charge >= 0.3 is 5.97 Å². The summed E-state index contributed by atoms with van der Waals surface area (Å²) in [5, 5.41) is 9.09. The molecule has 1 aromatic heterocycles. The number of aryl methyl sites for hydroxylation is 1. The monoisotopic (exact) mass is 423 g/mol. The fourth-order valence-corrected chi connectivity index (χ4v) is 4.46. The first-order valence-corrected chi connectivity index (χ1v) is 10.9. The van der Waals surface area contributed by atoms with Gasteiger partial charge in [-0.25, -0.2) is 4.98 Å². The van der Waals surface area contributed by atoms with Gasteiger partial charge in [0, 0.05) is 18.4 Å². The normalized spacial score (nSPS) is 20.2. The molecule has 0 spiro atoms. The predicted octanol–water partition coefficient (Wildman–Crippen LogP) is 4.98. The van der Waals surface area contributed by atoms with E-state index in [4.69, 9.17) is 24.0 Å². The maximum atomic E-state index is 11.1. The number of hydrogen-bond acceptors (Lipinski definition) is 5. The lowest BCUT2D eigenvalue weighted by Gasteiger charge is -2.20. The summed E-state index contributed by atoms with van der Waals surface area (Å²) in [6, 6.07) is 7.69. The second kappa shape index (κ2) is 9.52. The van der Waals surface area contributed by atoms with Crippen molar-refractivity contribution in [2.45, 2.75) is 51.6 Å². The van der Waals surface area contributed by atoms with Gasteiger partial charge in [-0.15, -0.1) is 0 Å². The Labute approximate surface area is 182 Å². The van der Waals surface area contributed by atoms with Gasteiger partial charge in [0.2, 0.25) is 5.89 Å². The molecule has 6 nitrogen and oxygen atoms in total. The van der Waals surface area contributed by atoms with Crippen molar-refractivity contribution in [3.63, 3.8) is 0 Å². The highest BCUT2D eigenvalue weighted by Crippen LogP contribution is 2.41. The van der Waals surface area contributed by atoms with E-state index < -0.39 is 5.97 Å². The number of nitrogens with zero attached hydrogens (tertiary/aromatic N) is 1. The van der Waals surface area contributed by atoms with E-state index >= 15 is 0 Å². The molecule has 164 valence electrons. The first kappa shape index (κ1) is 21.4. The van der Waals surface area contributed by atoms with Crippen LogP contribution in [-0.4, -0.2) is 35.9 Å². The molecule has 2 atom stereocenters. The fourth-order valence-electron chi connectivity index (χ4n) is 4.46. The van der Waals surface area contributed by atoms with Crippen LogP contribution in [0.4, 0.5) is 0 Å². The van der Waals surface area contributed by atoms with Crippen LogP contribution >= 0.6 is 0 Å². The minimum absolute atomic E-state index is 0.0420. The van der Waals surface area contributed by atoms with Crippen molar-refractivity contribution < 1.29 is 23.8 Å². The summed E-state index contributed by atoms with van der Waals surface area (Å²) in [7, 11) is 1.65. The van der Waals surface area contributed by atoms with Crippen LogP contribution in [0.3, 0.4) is 0 Å². The molecule has 0 amide bonds. The summed E-state index contributed by atoms with van der Waals surface area (Å²) in [5.41, 5.74) is 4.35. The van der Waals surface area contributed by atoms with Crippen LogP contribution in [-0.2, 0) is 22.4 Å². The molecule has 1 fully saturated rings. The summed E-state index contributed by atoms with van der Waals surface area (Å²) in [6.07, 6.45) is 8.76. The van der Waals surface area contributed by atoms with E-state index in [-0.39, 0.29) is 18.4 Å². The number of allylic oxidation sites excluding steroid dienone is 2. The lowest BCUT2D eigenvalue weighted by molar-refractivity contribution is -0.137. The van der Waals surface area contributed by atoms with Gasteiger partial charge in [-0.05, 0) is 60.6 Å². The molecule has 4 rings (SSSR count). The highest BCUT2D eigenvalue weighted by Gasteiger charge is 2.30. The second-order valence-corrected chi connectivity index (χ2v) is 8.05. The molecular weight excluding hydrogens is 394 g/mol. The van der Waals surface area contributed by atoms with Crippen LogP contribution < -0.4 is 4.74 Å². The molecule has 2 aromatic rings. The molecule has 2 unspecified atom stereocenters. The van der Waals surface area contributed by atoms with Crippen molar-refractivity contribution in [1.29, 1.82) is 0 Å². The molecule has 31 heavy (non-hydrogen) atoms. The highest BCUT2D eigenvalue weighted by atomic mass is 16.5. The van der Waals surface area contributed by atoms with E-state index in [1.54, 1.807) is 7.11 Å². The van der Waals surface area contributed by atoms with E-state index in [0.29, 0.717) is 18.9 Å². The average molecular weight is 424 g/mol. The topological polar surface area (TPSA) is 81.8 Å². The number of carboxylic acids is 1. The number of carboxylic acid groups (broad SMARTS) is 1. The SMILES string of the molecule is CCc1oc(-c2ccc(OC)cc2)nc1CCOC1C=C2CCC(CC(=O)O)C2=CC1.